The zero-order valence-corrected chi connectivity index (χ0v) is 12.9. The van der Waals surface area contributed by atoms with Crippen molar-refractivity contribution in [2.75, 3.05) is 13.1 Å². The van der Waals surface area contributed by atoms with Crippen LogP contribution in [0.3, 0.4) is 0 Å². The van der Waals surface area contributed by atoms with Crippen LogP contribution in [0.1, 0.15) is 32.8 Å². The number of amides is 1. The van der Waals surface area contributed by atoms with Crippen LogP contribution in [0.2, 0.25) is 0 Å². The molecule has 0 saturated carbocycles. The van der Waals surface area contributed by atoms with Crippen LogP contribution in [0, 0.1) is 18.8 Å². The highest BCUT2D eigenvalue weighted by Crippen LogP contribution is 2.22. The minimum Gasteiger partial charge on any atom is -0.481 e. The Morgan fingerprint density at radius 3 is 2.55 bits per heavy atom. The molecule has 0 unspecified atom stereocenters. The van der Waals surface area contributed by atoms with Crippen LogP contribution in [0.15, 0.2) is 24.3 Å². The number of rotatable bonds is 3. The van der Waals surface area contributed by atoms with Crippen molar-refractivity contribution >= 4 is 5.91 Å². The number of nitrogens with zero attached hydrogens (tertiary/aromatic N) is 1. The van der Waals surface area contributed by atoms with Crippen molar-refractivity contribution in [1.29, 1.82) is 0 Å². The average molecular weight is 275 g/mol. The molecule has 0 aliphatic carbocycles. The lowest BCUT2D eigenvalue weighted by Gasteiger charge is -2.36. The average Bonchev–Trinajstić information content (AvgIpc) is 2.36. The third-order valence-electron chi connectivity index (χ3n) is 3.83. The SMILES string of the molecule is Cc1cccc(O[C@H](C)C(=O)N2C[C@H](C)C[C@@H](C)C2)c1. The van der Waals surface area contributed by atoms with E-state index in [1.807, 2.05) is 43.0 Å². The van der Waals surface area contributed by atoms with E-state index in [-0.39, 0.29) is 5.91 Å². The molecule has 110 valence electrons. The molecule has 2 rings (SSSR count). The number of piperidine rings is 1. The highest BCUT2D eigenvalue weighted by Gasteiger charge is 2.29. The number of aryl methyl sites for hydroxylation is 1. The Hall–Kier alpha value is -1.51. The number of carbonyl (C=O) groups is 1. The lowest BCUT2D eigenvalue weighted by Crippen LogP contribution is -2.47. The molecule has 1 amide bonds. The van der Waals surface area contributed by atoms with Gasteiger partial charge in [0.2, 0.25) is 0 Å². The van der Waals surface area contributed by atoms with Gasteiger partial charge in [0.1, 0.15) is 5.75 Å². The smallest absolute Gasteiger partial charge is 0.263 e. The van der Waals surface area contributed by atoms with Crippen LogP contribution >= 0.6 is 0 Å². The molecule has 0 aromatic heterocycles. The Morgan fingerprint density at radius 1 is 1.30 bits per heavy atom. The van der Waals surface area contributed by atoms with Crippen molar-refractivity contribution < 1.29 is 9.53 Å². The summed E-state index contributed by atoms with van der Waals surface area (Å²) in [6.07, 6.45) is 0.783. The first-order valence-electron chi connectivity index (χ1n) is 7.48. The highest BCUT2D eigenvalue weighted by atomic mass is 16.5. The van der Waals surface area contributed by atoms with Crippen molar-refractivity contribution in [3.63, 3.8) is 0 Å². The Bertz CT molecular complexity index is 462. The number of hydrogen-bond donors (Lipinski definition) is 0. The van der Waals surface area contributed by atoms with Gasteiger partial charge in [0, 0.05) is 13.1 Å². The lowest BCUT2D eigenvalue weighted by molar-refractivity contribution is -0.140. The van der Waals surface area contributed by atoms with Gasteiger partial charge in [0.05, 0.1) is 0 Å². The summed E-state index contributed by atoms with van der Waals surface area (Å²) in [4.78, 5) is 14.4. The van der Waals surface area contributed by atoms with Crippen LogP contribution < -0.4 is 4.74 Å². The standard InChI is InChI=1S/C17H25NO2/c1-12-6-5-7-16(9-12)20-15(4)17(19)18-10-13(2)8-14(3)11-18/h5-7,9,13-15H,8,10-11H2,1-4H3/t13-,14-,15-/m1/s1. The second-order valence-electron chi connectivity index (χ2n) is 6.27. The number of likely N-dealkylation sites (tertiary alicyclic amines) is 1. The molecule has 0 spiro atoms. The molecule has 1 saturated heterocycles. The van der Waals surface area contributed by atoms with Gasteiger partial charge >= 0.3 is 0 Å². The molecule has 0 bridgehead atoms. The third-order valence-corrected chi connectivity index (χ3v) is 3.83. The Labute approximate surface area is 121 Å². The maximum atomic E-state index is 12.5. The van der Waals surface area contributed by atoms with E-state index in [0.717, 1.165) is 24.4 Å². The summed E-state index contributed by atoms with van der Waals surface area (Å²) in [7, 11) is 0. The van der Waals surface area contributed by atoms with Gasteiger partial charge in [-0.1, -0.05) is 26.0 Å². The van der Waals surface area contributed by atoms with Crippen molar-refractivity contribution in [3.05, 3.63) is 29.8 Å². The molecular formula is C17H25NO2. The molecule has 1 fully saturated rings. The molecule has 1 aliphatic rings. The predicted octanol–water partition coefficient (Wildman–Crippen LogP) is 3.27. The van der Waals surface area contributed by atoms with E-state index < -0.39 is 6.10 Å². The summed E-state index contributed by atoms with van der Waals surface area (Å²) in [6.45, 7) is 9.99. The van der Waals surface area contributed by atoms with Crippen LogP contribution in [0.5, 0.6) is 5.75 Å². The summed E-state index contributed by atoms with van der Waals surface area (Å²) >= 11 is 0. The van der Waals surface area contributed by atoms with E-state index in [0.29, 0.717) is 11.8 Å². The van der Waals surface area contributed by atoms with Crippen LogP contribution in [-0.2, 0) is 4.79 Å². The summed E-state index contributed by atoms with van der Waals surface area (Å²) in [5, 5.41) is 0. The fourth-order valence-corrected chi connectivity index (χ4v) is 3.04. The van der Waals surface area contributed by atoms with Gasteiger partial charge in [-0.05, 0) is 49.8 Å². The lowest BCUT2D eigenvalue weighted by atomic mass is 9.91. The van der Waals surface area contributed by atoms with Gasteiger partial charge in [-0.3, -0.25) is 4.79 Å². The van der Waals surface area contributed by atoms with Crippen molar-refractivity contribution in [1.82, 2.24) is 4.90 Å². The van der Waals surface area contributed by atoms with Gasteiger partial charge < -0.3 is 9.64 Å². The Kier molecular flexibility index (Phi) is 4.69. The summed E-state index contributed by atoms with van der Waals surface area (Å²) in [5.41, 5.74) is 1.14. The maximum Gasteiger partial charge on any atom is 0.263 e. The molecule has 3 atom stereocenters. The zero-order valence-electron chi connectivity index (χ0n) is 12.9. The van der Waals surface area contributed by atoms with Gasteiger partial charge in [-0.2, -0.15) is 0 Å². The van der Waals surface area contributed by atoms with Crippen LogP contribution in [0.25, 0.3) is 0 Å². The molecule has 0 N–H and O–H groups in total. The molecule has 20 heavy (non-hydrogen) atoms. The van der Waals surface area contributed by atoms with Crippen molar-refractivity contribution in [2.24, 2.45) is 11.8 Å². The minimum absolute atomic E-state index is 0.102. The molecule has 3 nitrogen and oxygen atoms in total. The van der Waals surface area contributed by atoms with E-state index in [9.17, 15) is 4.79 Å². The quantitative estimate of drug-likeness (QED) is 0.847. The molecule has 1 aromatic carbocycles. The number of carbonyl (C=O) groups excluding carboxylic acids is 1. The van der Waals surface area contributed by atoms with Crippen LogP contribution in [0.4, 0.5) is 0 Å². The first-order valence-corrected chi connectivity index (χ1v) is 7.48. The normalized spacial score (nSPS) is 24.3. The topological polar surface area (TPSA) is 29.5 Å². The summed E-state index contributed by atoms with van der Waals surface area (Å²) in [5.74, 6) is 2.02. The van der Waals surface area contributed by atoms with Crippen molar-refractivity contribution in [3.8, 4) is 5.75 Å². The van der Waals surface area contributed by atoms with Gasteiger partial charge in [0.25, 0.3) is 5.91 Å². The van der Waals surface area contributed by atoms with Crippen LogP contribution in [-0.4, -0.2) is 30.0 Å². The third kappa shape index (κ3) is 3.75. The van der Waals surface area contributed by atoms with E-state index in [4.69, 9.17) is 4.74 Å². The Balaban J connectivity index is 1.98. The highest BCUT2D eigenvalue weighted by molar-refractivity contribution is 5.81. The second kappa shape index (κ2) is 6.29. The van der Waals surface area contributed by atoms with Gasteiger partial charge in [0.15, 0.2) is 6.10 Å². The van der Waals surface area contributed by atoms with Gasteiger partial charge in [-0.15, -0.1) is 0 Å². The maximum absolute atomic E-state index is 12.5. The monoisotopic (exact) mass is 275 g/mol. The Morgan fingerprint density at radius 2 is 1.95 bits per heavy atom. The fourth-order valence-electron chi connectivity index (χ4n) is 3.04. The number of benzene rings is 1. The van der Waals surface area contributed by atoms with E-state index in [1.54, 1.807) is 0 Å². The molecule has 1 aromatic rings. The number of hydrogen-bond acceptors (Lipinski definition) is 2. The molecule has 0 radical (unpaired) electrons. The number of ether oxygens (including phenoxy) is 1. The molecule has 1 heterocycles. The predicted molar refractivity (Wildman–Crippen MR) is 80.8 cm³/mol. The minimum atomic E-state index is -0.422. The molecule has 3 heteroatoms. The molecule has 1 aliphatic heterocycles. The first kappa shape index (κ1) is 14.9. The first-order chi connectivity index (χ1) is 9.45. The van der Waals surface area contributed by atoms with E-state index >= 15 is 0 Å². The zero-order chi connectivity index (χ0) is 14.7. The fraction of sp³-hybridized carbons (Fsp3) is 0.588. The van der Waals surface area contributed by atoms with Gasteiger partial charge in [-0.25, -0.2) is 0 Å². The summed E-state index contributed by atoms with van der Waals surface area (Å²) in [6, 6.07) is 7.84. The van der Waals surface area contributed by atoms with E-state index in [1.165, 1.54) is 6.42 Å². The molecular weight excluding hydrogens is 250 g/mol. The largest absolute Gasteiger partial charge is 0.481 e. The second-order valence-corrected chi connectivity index (χ2v) is 6.27. The summed E-state index contributed by atoms with van der Waals surface area (Å²) < 4.78 is 5.79. The van der Waals surface area contributed by atoms with Crippen molar-refractivity contribution in [2.45, 2.75) is 40.2 Å². The van der Waals surface area contributed by atoms with E-state index in [2.05, 4.69) is 13.8 Å².